The molecule has 0 atom stereocenters. The van der Waals surface area contributed by atoms with Crippen LogP contribution >= 0.6 is 15.9 Å². The van der Waals surface area contributed by atoms with E-state index in [0.717, 1.165) is 10.0 Å². The second-order valence-corrected chi connectivity index (χ2v) is 6.47. The molecule has 0 saturated heterocycles. The summed E-state index contributed by atoms with van der Waals surface area (Å²) in [5, 5.41) is 12.8. The van der Waals surface area contributed by atoms with Crippen molar-refractivity contribution in [3.05, 3.63) is 40.4 Å². The topological polar surface area (TPSA) is 49.3 Å². The van der Waals surface area contributed by atoms with Gasteiger partial charge in [-0.25, -0.2) is 0 Å². The molecular formula is C15H20BrNO2. The van der Waals surface area contributed by atoms with Gasteiger partial charge in [-0.1, -0.05) is 28.1 Å². The third kappa shape index (κ3) is 4.80. The largest absolute Gasteiger partial charge is 0.388 e. The van der Waals surface area contributed by atoms with Gasteiger partial charge in [-0.3, -0.25) is 4.79 Å². The van der Waals surface area contributed by atoms with Crippen LogP contribution in [0.4, 0.5) is 0 Å². The lowest BCUT2D eigenvalue weighted by Crippen LogP contribution is -2.57. The summed E-state index contributed by atoms with van der Waals surface area (Å²) in [6.45, 7) is 6.92. The second kappa shape index (κ2) is 5.88. The molecule has 0 saturated carbocycles. The van der Waals surface area contributed by atoms with Gasteiger partial charge in [0.05, 0.1) is 11.1 Å². The molecule has 0 aromatic heterocycles. The first kappa shape index (κ1) is 15.9. The number of nitrogens with one attached hydrogen (secondary N) is 1. The minimum atomic E-state index is -0.992. The molecule has 19 heavy (non-hydrogen) atoms. The van der Waals surface area contributed by atoms with Crippen LogP contribution < -0.4 is 5.32 Å². The van der Waals surface area contributed by atoms with Gasteiger partial charge < -0.3 is 10.4 Å². The molecule has 1 amide bonds. The van der Waals surface area contributed by atoms with Gasteiger partial charge in [0.25, 0.3) is 0 Å². The van der Waals surface area contributed by atoms with Crippen molar-refractivity contribution < 1.29 is 9.90 Å². The van der Waals surface area contributed by atoms with Crippen molar-refractivity contribution in [1.29, 1.82) is 0 Å². The fourth-order valence-corrected chi connectivity index (χ4v) is 1.51. The zero-order valence-corrected chi connectivity index (χ0v) is 13.3. The number of rotatable bonds is 4. The van der Waals surface area contributed by atoms with Crippen LogP contribution in [0.2, 0.25) is 0 Å². The molecule has 0 spiro atoms. The molecule has 0 aliphatic heterocycles. The van der Waals surface area contributed by atoms with E-state index < -0.39 is 11.1 Å². The van der Waals surface area contributed by atoms with Gasteiger partial charge in [-0.2, -0.15) is 0 Å². The first-order valence-electron chi connectivity index (χ1n) is 6.10. The minimum absolute atomic E-state index is 0.227. The molecule has 0 unspecified atom stereocenters. The van der Waals surface area contributed by atoms with Gasteiger partial charge in [0.15, 0.2) is 0 Å². The Morgan fingerprint density at radius 3 is 2.21 bits per heavy atom. The lowest BCUT2D eigenvalue weighted by molar-refractivity contribution is -0.121. The van der Waals surface area contributed by atoms with E-state index in [-0.39, 0.29) is 5.91 Å². The predicted molar refractivity (Wildman–Crippen MR) is 81.7 cm³/mol. The Kier molecular flexibility index (Phi) is 4.93. The molecule has 0 heterocycles. The summed E-state index contributed by atoms with van der Waals surface area (Å²) in [5.41, 5.74) is -0.748. The Bertz CT molecular complexity index is 470. The van der Waals surface area contributed by atoms with Crippen molar-refractivity contribution in [2.24, 2.45) is 0 Å². The number of hydrogen-bond acceptors (Lipinski definition) is 2. The van der Waals surface area contributed by atoms with Gasteiger partial charge in [0.1, 0.15) is 0 Å². The summed E-state index contributed by atoms with van der Waals surface area (Å²) in [7, 11) is 0. The fourth-order valence-electron chi connectivity index (χ4n) is 1.25. The quantitative estimate of drug-likeness (QED) is 0.835. The molecular weight excluding hydrogens is 306 g/mol. The van der Waals surface area contributed by atoms with Gasteiger partial charge in [-0.05, 0) is 51.5 Å². The molecule has 104 valence electrons. The molecule has 1 rings (SSSR count). The van der Waals surface area contributed by atoms with Crippen molar-refractivity contribution in [3.8, 4) is 0 Å². The average molecular weight is 326 g/mol. The molecule has 4 heteroatoms. The summed E-state index contributed by atoms with van der Waals surface area (Å²) in [6, 6.07) is 7.65. The summed E-state index contributed by atoms with van der Waals surface area (Å²) in [5.74, 6) is -0.227. The third-order valence-electron chi connectivity index (χ3n) is 3.26. The molecule has 1 aromatic carbocycles. The SMILES string of the molecule is CC(C)(O)C(C)(C)NC(=O)/C=C/c1ccc(Br)cc1. The fraction of sp³-hybridized carbons (Fsp3) is 0.400. The standard InChI is InChI=1S/C15H20BrNO2/c1-14(2,15(3,4)19)17-13(18)10-7-11-5-8-12(16)9-6-11/h5-10,19H,1-4H3,(H,17,18)/b10-7+. The number of amides is 1. The van der Waals surface area contributed by atoms with Crippen LogP contribution in [0.25, 0.3) is 6.08 Å². The monoisotopic (exact) mass is 325 g/mol. The molecule has 0 bridgehead atoms. The highest BCUT2D eigenvalue weighted by Gasteiger charge is 2.35. The molecule has 1 aromatic rings. The van der Waals surface area contributed by atoms with Crippen LogP contribution in [0.1, 0.15) is 33.3 Å². The number of benzene rings is 1. The maximum absolute atomic E-state index is 11.8. The van der Waals surface area contributed by atoms with E-state index in [1.54, 1.807) is 33.8 Å². The van der Waals surface area contributed by atoms with Gasteiger partial charge in [-0.15, -0.1) is 0 Å². The predicted octanol–water partition coefficient (Wildman–Crippen LogP) is 3.13. The van der Waals surface area contributed by atoms with Crippen LogP contribution in [0.3, 0.4) is 0 Å². The zero-order valence-electron chi connectivity index (χ0n) is 11.7. The summed E-state index contributed by atoms with van der Waals surface area (Å²) >= 11 is 3.36. The van der Waals surface area contributed by atoms with Crippen LogP contribution in [-0.4, -0.2) is 22.2 Å². The maximum atomic E-state index is 11.8. The number of aliphatic hydroxyl groups is 1. The number of hydrogen-bond donors (Lipinski definition) is 2. The van der Waals surface area contributed by atoms with Crippen LogP contribution in [0.15, 0.2) is 34.8 Å². The smallest absolute Gasteiger partial charge is 0.244 e. The Balaban J connectivity index is 2.68. The summed E-state index contributed by atoms with van der Waals surface area (Å²) in [6.07, 6.45) is 3.21. The van der Waals surface area contributed by atoms with Gasteiger partial charge in [0, 0.05) is 10.5 Å². The van der Waals surface area contributed by atoms with Crippen molar-refractivity contribution >= 4 is 27.9 Å². The van der Waals surface area contributed by atoms with Crippen molar-refractivity contribution in [1.82, 2.24) is 5.32 Å². The van der Waals surface area contributed by atoms with E-state index in [4.69, 9.17) is 0 Å². The summed E-state index contributed by atoms with van der Waals surface area (Å²) < 4.78 is 0.997. The zero-order chi connectivity index (χ0) is 14.7. The second-order valence-electron chi connectivity index (χ2n) is 5.56. The van der Waals surface area contributed by atoms with E-state index >= 15 is 0 Å². The van der Waals surface area contributed by atoms with Crippen molar-refractivity contribution in [2.45, 2.75) is 38.8 Å². The number of carbonyl (C=O) groups excluding carboxylic acids is 1. The Labute approximate surface area is 122 Å². The molecule has 0 radical (unpaired) electrons. The highest BCUT2D eigenvalue weighted by Crippen LogP contribution is 2.20. The van der Waals surface area contributed by atoms with Crippen molar-refractivity contribution in [2.75, 3.05) is 0 Å². The first-order valence-corrected chi connectivity index (χ1v) is 6.89. The van der Waals surface area contributed by atoms with E-state index in [0.29, 0.717) is 0 Å². The van der Waals surface area contributed by atoms with E-state index in [2.05, 4.69) is 21.2 Å². The Morgan fingerprint density at radius 1 is 1.21 bits per heavy atom. The molecule has 3 nitrogen and oxygen atoms in total. The normalized spacial score (nSPS) is 12.7. The molecule has 0 fully saturated rings. The molecule has 2 N–H and O–H groups in total. The first-order chi connectivity index (χ1) is 8.62. The Hall–Kier alpha value is -1.13. The van der Waals surface area contributed by atoms with Crippen LogP contribution in [-0.2, 0) is 4.79 Å². The van der Waals surface area contributed by atoms with Crippen molar-refractivity contribution in [3.63, 3.8) is 0 Å². The van der Waals surface area contributed by atoms with E-state index in [1.165, 1.54) is 6.08 Å². The lowest BCUT2D eigenvalue weighted by atomic mass is 9.86. The maximum Gasteiger partial charge on any atom is 0.244 e. The van der Waals surface area contributed by atoms with E-state index in [9.17, 15) is 9.90 Å². The number of halogens is 1. The molecule has 0 aliphatic rings. The van der Waals surface area contributed by atoms with Gasteiger partial charge in [0.2, 0.25) is 5.91 Å². The molecule has 0 aliphatic carbocycles. The van der Waals surface area contributed by atoms with Gasteiger partial charge >= 0.3 is 0 Å². The van der Waals surface area contributed by atoms with Crippen LogP contribution in [0.5, 0.6) is 0 Å². The Morgan fingerprint density at radius 2 is 1.74 bits per heavy atom. The highest BCUT2D eigenvalue weighted by molar-refractivity contribution is 9.10. The third-order valence-corrected chi connectivity index (χ3v) is 3.79. The number of carbonyl (C=O) groups is 1. The average Bonchev–Trinajstić information content (AvgIpc) is 2.26. The minimum Gasteiger partial charge on any atom is -0.388 e. The summed E-state index contributed by atoms with van der Waals surface area (Å²) in [4.78, 5) is 11.8. The lowest BCUT2D eigenvalue weighted by Gasteiger charge is -2.37. The van der Waals surface area contributed by atoms with Crippen LogP contribution in [0, 0.1) is 0 Å². The van der Waals surface area contributed by atoms with E-state index in [1.807, 2.05) is 24.3 Å². The highest BCUT2D eigenvalue weighted by atomic mass is 79.9.